The molecule has 0 bridgehead atoms. The Morgan fingerprint density at radius 1 is 0.943 bits per heavy atom. The summed E-state index contributed by atoms with van der Waals surface area (Å²) in [6.07, 6.45) is -1.12. The molecule has 35 heavy (non-hydrogen) atoms. The van der Waals surface area contributed by atoms with E-state index in [1.54, 1.807) is 18.3 Å². The van der Waals surface area contributed by atoms with Gasteiger partial charge >= 0.3 is 6.18 Å². The van der Waals surface area contributed by atoms with E-state index in [-0.39, 0.29) is 0 Å². The number of alkyl halides is 3. The van der Waals surface area contributed by atoms with Crippen LogP contribution in [0.5, 0.6) is 0 Å². The number of aromatic nitrogens is 3. The molecule has 8 heteroatoms. The molecular formula is C27H30ClF3N4. The molecule has 186 valence electrons. The van der Waals surface area contributed by atoms with Gasteiger partial charge in [-0.05, 0) is 37.1 Å². The number of halogens is 4. The molecule has 0 amide bonds. The zero-order chi connectivity index (χ0) is 25.6. The largest absolute Gasteiger partial charge is 0.416 e. The first-order valence-electron chi connectivity index (χ1n) is 11.9. The molecule has 4 nitrogen and oxygen atoms in total. The van der Waals surface area contributed by atoms with Crippen LogP contribution in [-0.4, -0.2) is 28.0 Å². The molecule has 0 aliphatic carbocycles. The van der Waals surface area contributed by atoms with Gasteiger partial charge in [-0.15, -0.1) is 0 Å². The van der Waals surface area contributed by atoms with Crippen LogP contribution in [0.4, 0.5) is 18.9 Å². The van der Waals surface area contributed by atoms with E-state index in [2.05, 4.69) is 9.97 Å². The minimum Gasteiger partial charge on any atom is -0.370 e. The molecule has 0 atom stereocenters. The Kier molecular flexibility index (Phi) is 8.78. The first-order valence-corrected chi connectivity index (χ1v) is 12.3. The average Bonchev–Trinajstić information content (AvgIpc) is 3.29. The Labute approximate surface area is 209 Å². The molecule has 0 aliphatic heterocycles. The number of H-pyrrole nitrogens is 1. The van der Waals surface area contributed by atoms with Crippen LogP contribution >= 0.6 is 11.6 Å². The number of rotatable bonds is 7. The smallest absolute Gasteiger partial charge is 0.370 e. The predicted molar refractivity (Wildman–Crippen MR) is 139 cm³/mol. The summed E-state index contributed by atoms with van der Waals surface area (Å²) in [5.41, 5.74) is 3.00. The summed E-state index contributed by atoms with van der Waals surface area (Å²) in [5, 5.41) is 0.547. The van der Waals surface area contributed by atoms with Gasteiger partial charge in [0, 0.05) is 30.4 Å². The van der Waals surface area contributed by atoms with Crippen LogP contribution in [0.15, 0.2) is 54.7 Å². The van der Waals surface area contributed by atoms with Crippen LogP contribution < -0.4 is 4.90 Å². The Hall–Kier alpha value is -3.06. The molecule has 0 aliphatic rings. The number of pyridine rings is 1. The number of imidazole rings is 1. The second-order valence-corrected chi connectivity index (χ2v) is 8.28. The highest BCUT2D eigenvalue weighted by Gasteiger charge is 2.32. The second kappa shape index (κ2) is 11.6. The molecule has 0 saturated carbocycles. The van der Waals surface area contributed by atoms with Crippen molar-refractivity contribution in [2.24, 2.45) is 0 Å². The van der Waals surface area contributed by atoms with Gasteiger partial charge in [0.05, 0.1) is 27.5 Å². The van der Waals surface area contributed by atoms with E-state index in [4.69, 9.17) is 16.6 Å². The minimum absolute atomic E-state index is 0.365. The maximum absolute atomic E-state index is 13.6. The number of anilines is 1. The van der Waals surface area contributed by atoms with Crippen LogP contribution in [0.2, 0.25) is 5.02 Å². The van der Waals surface area contributed by atoms with Crippen molar-refractivity contribution >= 4 is 28.3 Å². The van der Waals surface area contributed by atoms with E-state index in [9.17, 15) is 13.2 Å². The summed E-state index contributed by atoms with van der Waals surface area (Å²) in [6, 6.07) is 13.4. The fourth-order valence-electron chi connectivity index (χ4n) is 3.92. The summed E-state index contributed by atoms with van der Waals surface area (Å²) in [5.74, 6) is 0.511. The third kappa shape index (κ3) is 5.96. The lowest BCUT2D eigenvalue weighted by Gasteiger charge is -2.25. The summed E-state index contributed by atoms with van der Waals surface area (Å²) in [4.78, 5) is 14.1. The number of benzene rings is 2. The highest BCUT2D eigenvalue weighted by Crippen LogP contribution is 2.37. The lowest BCUT2D eigenvalue weighted by molar-refractivity contribution is -0.137. The zero-order valence-corrected chi connectivity index (χ0v) is 21.1. The lowest BCUT2D eigenvalue weighted by Crippen LogP contribution is -2.25. The number of hydrogen-bond donors (Lipinski definition) is 1. The molecule has 0 saturated heterocycles. The van der Waals surface area contributed by atoms with Crippen LogP contribution in [-0.2, 0) is 6.18 Å². The van der Waals surface area contributed by atoms with E-state index < -0.39 is 11.7 Å². The molecule has 1 N–H and O–H groups in total. The fourth-order valence-corrected chi connectivity index (χ4v) is 4.15. The van der Waals surface area contributed by atoms with Crippen LogP contribution in [0, 0.1) is 0 Å². The zero-order valence-electron chi connectivity index (χ0n) is 20.4. The molecule has 4 aromatic rings. The van der Waals surface area contributed by atoms with Gasteiger partial charge in [-0.1, -0.05) is 63.6 Å². The number of nitrogens with zero attached hydrogens (tertiary/aromatic N) is 3. The van der Waals surface area contributed by atoms with Crippen LogP contribution in [0.3, 0.4) is 0 Å². The van der Waals surface area contributed by atoms with Crippen molar-refractivity contribution in [3.8, 4) is 22.6 Å². The Morgan fingerprint density at radius 3 is 2.14 bits per heavy atom. The van der Waals surface area contributed by atoms with Gasteiger partial charge < -0.3 is 9.88 Å². The summed E-state index contributed by atoms with van der Waals surface area (Å²) < 4.78 is 40.9. The van der Waals surface area contributed by atoms with Gasteiger partial charge in [-0.25, -0.2) is 4.98 Å². The standard InChI is InChI=1S/C25H24ClF3N4.C2H6/c1-3-12-33(13-4-2)21-15-18(25(27,28)29)14-20-23(21)32-24(31-20)17-9-7-16(8-10-17)22-19(26)6-5-11-30-22;1-2/h5-11,14-15H,3-4,12-13H2,1-2H3,(H,31,32);1-2H3. The van der Waals surface area contributed by atoms with Crippen LogP contribution in [0.25, 0.3) is 33.7 Å². The average molecular weight is 503 g/mol. The third-order valence-electron chi connectivity index (χ3n) is 5.41. The molecule has 2 aromatic heterocycles. The van der Waals surface area contributed by atoms with Crippen molar-refractivity contribution < 1.29 is 13.2 Å². The van der Waals surface area contributed by atoms with Gasteiger partial charge in [0.25, 0.3) is 0 Å². The van der Waals surface area contributed by atoms with Crippen molar-refractivity contribution in [1.82, 2.24) is 15.0 Å². The molecular weight excluding hydrogens is 473 g/mol. The highest BCUT2D eigenvalue weighted by molar-refractivity contribution is 6.33. The monoisotopic (exact) mass is 502 g/mol. The van der Waals surface area contributed by atoms with Gasteiger partial charge in [-0.2, -0.15) is 13.2 Å². The summed E-state index contributed by atoms with van der Waals surface area (Å²) in [7, 11) is 0. The minimum atomic E-state index is -4.44. The van der Waals surface area contributed by atoms with E-state index in [1.807, 2.05) is 56.9 Å². The normalized spacial score (nSPS) is 11.3. The number of hydrogen-bond acceptors (Lipinski definition) is 3. The number of nitrogens with one attached hydrogen (secondary N) is 1. The Morgan fingerprint density at radius 2 is 1.57 bits per heavy atom. The maximum Gasteiger partial charge on any atom is 0.416 e. The van der Waals surface area contributed by atoms with Crippen molar-refractivity contribution in [3.05, 3.63) is 65.3 Å². The first-order chi connectivity index (χ1) is 16.8. The molecule has 0 radical (unpaired) electrons. The maximum atomic E-state index is 13.6. The summed E-state index contributed by atoms with van der Waals surface area (Å²) in [6.45, 7) is 9.34. The quantitative estimate of drug-likeness (QED) is 0.275. The van der Waals surface area contributed by atoms with Crippen molar-refractivity contribution in [2.75, 3.05) is 18.0 Å². The Balaban J connectivity index is 0.00000167. The van der Waals surface area contributed by atoms with E-state index in [0.717, 1.165) is 30.0 Å². The van der Waals surface area contributed by atoms with Gasteiger partial charge in [-0.3, -0.25) is 4.98 Å². The van der Waals surface area contributed by atoms with Crippen molar-refractivity contribution in [2.45, 2.75) is 46.7 Å². The molecule has 2 aromatic carbocycles. The second-order valence-electron chi connectivity index (χ2n) is 7.87. The van der Waals surface area contributed by atoms with E-state index in [1.165, 1.54) is 6.07 Å². The van der Waals surface area contributed by atoms with Crippen molar-refractivity contribution in [3.63, 3.8) is 0 Å². The van der Waals surface area contributed by atoms with Gasteiger partial charge in [0.2, 0.25) is 0 Å². The van der Waals surface area contributed by atoms with Gasteiger partial charge in [0.1, 0.15) is 11.3 Å². The van der Waals surface area contributed by atoms with Crippen LogP contribution in [0.1, 0.15) is 46.1 Å². The highest BCUT2D eigenvalue weighted by atomic mass is 35.5. The first kappa shape index (κ1) is 26.5. The summed E-state index contributed by atoms with van der Waals surface area (Å²) >= 11 is 6.24. The molecule has 0 unspecified atom stereocenters. The van der Waals surface area contributed by atoms with E-state index in [0.29, 0.717) is 46.4 Å². The van der Waals surface area contributed by atoms with Crippen molar-refractivity contribution in [1.29, 1.82) is 0 Å². The lowest BCUT2D eigenvalue weighted by atomic mass is 10.1. The number of fused-ring (bicyclic) bond motifs is 1. The molecule has 4 rings (SSSR count). The topological polar surface area (TPSA) is 44.8 Å². The van der Waals surface area contributed by atoms with Gasteiger partial charge in [0.15, 0.2) is 0 Å². The third-order valence-corrected chi connectivity index (χ3v) is 5.72. The Bertz CT molecular complexity index is 1240. The molecule has 2 heterocycles. The molecule has 0 spiro atoms. The van der Waals surface area contributed by atoms with E-state index >= 15 is 0 Å². The fraction of sp³-hybridized carbons (Fsp3) is 0.333. The number of aromatic amines is 1. The predicted octanol–water partition coefficient (Wildman–Crippen LogP) is 8.62. The SMILES string of the molecule is CC.CCCN(CCC)c1cc(C(F)(F)F)cc2[nH]c(-c3ccc(-c4ncccc4Cl)cc3)nc12. The molecule has 0 fully saturated rings.